The summed E-state index contributed by atoms with van der Waals surface area (Å²) in [5, 5.41) is 0. The molecule has 2 heterocycles. The summed E-state index contributed by atoms with van der Waals surface area (Å²) in [4.78, 5) is 17.3. The van der Waals surface area contributed by atoms with Crippen molar-refractivity contribution in [2.45, 2.75) is 45.1 Å². The third-order valence-corrected chi connectivity index (χ3v) is 6.10. The third-order valence-electron chi connectivity index (χ3n) is 4.88. The van der Waals surface area contributed by atoms with E-state index in [1.165, 1.54) is 40.8 Å². The lowest BCUT2D eigenvalue weighted by atomic mass is 10.00. The molecule has 0 spiro atoms. The number of nitrogens with zero attached hydrogens (tertiary/aromatic N) is 1. The van der Waals surface area contributed by atoms with Crippen LogP contribution in [0.15, 0.2) is 30.3 Å². The van der Waals surface area contributed by atoms with Crippen molar-refractivity contribution in [2.24, 2.45) is 0 Å². The molecule has 0 saturated carbocycles. The first-order valence-electron chi connectivity index (χ1n) is 8.29. The van der Waals surface area contributed by atoms with Crippen molar-refractivity contribution in [3.05, 3.63) is 56.8 Å². The Hall–Kier alpha value is -1.61. The molecule has 0 atom stereocenters. The van der Waals surface area contributed by atoms with Gasteiger partial charge in [0.25, 0.3) is 5.91 Å². The number of hydrogen-bond acceptors (Lipinski definition) is 2. The lowest BCUT2D eigenvalue weighted by molar-refractivity contribution is 0.0739. The van der Waals surface area contributed by atoms with Crippen LogP contribution in [0.2, 0.25) is 0 Å². The van der Waals surface area contributed by atoms with Crippen LogP contribution in [0, 0.1) is 0 Å². The molecular formula is C19H21NOS. The second-order valence-corrected chi connectivity index (χ2v) is 7.50. The summed E-state index contributed by atoms with van der Waals surface area (Å²) in [7, 11) is 0. The van der Waals surface area contributed by atoms with E-state index in [1.54, 1.807) is 11.3 Å². The summed E-state index contributed by atoms with van der Waals surface area (Å²) in [6, 6.07) is 10.7. The van der Waals surface area contributed by atoms with Gasteiger partial charge in [-0.3, -0.25) is 4.79 Å². The monoisotopic (exact) mass is 311 g/mol. The summed E-state index contributed by atoms with van der Waals surface area (Å²) >= 11 is 1.74. The molecule has 114 valence electrons. The van der Waals surface area contributed by atoms with Crippen molar-refractivity contribution in [3.8, 4) is 0 Å². The summed E-state index contributed by atoms with van der Waals surface area (Å²) in [5.41, 5.74) is 4.14. The van der Waals surface area contributed by atoms with Gasteiger partial charge >= 0.3 is 0 Å². The molecule has 1 aliphatic heterocycles. The van der Waals surface area contributed by atoms with Gasteiger partial charge in [0.2, 0.25) is 0 Å². The zero-order valence-electron chi connectivity index (χ0n) is 12.8. The van der Waals surface area contributed by atoms with Gasteiger partial charge in [-0.2, -0.15) is 0 Å². The van der Waals surface area contributed by atoms with Crippen LogP contribution in [0.3, 0.4) is 0 Å². The maximum atomic E-state index is 12.8. The van der Waals surface area contributed by atoms with Crippen LogP contribution in [-0.4, -0.2) is 17.4 Å². The molecule has 1 aromatic carbocycles. The Morgan fingerprint density at radius 2 is 1.77 bits per heavy atom. The van der Waals surface area contributed by atoms with Gasteiger partial charge in [-0.25, -0.2) is 0 Å². The van der Waals surface area contributed by atoms with Crippen molar-refractivity contribution in [1.82, 2.24) is 4.90 Å². The third kappa shape index (κ3) is 2.58. The summed E-state index contributed by atoms with van der Waals surface area (Å²) in [6.07, 6.45) is 7.17. The second-order valence-electron chi connectivity index (χ2n) is 6.37. The second kappa shape index (κ2) is 5.88. The van der Waals surface area contributed by atoms with Gasteiger partial charge in [0, 0.05) is 18.0 Å². The van der Waals surface area contributed by atoms with Crippen molar-refractivity contribution in [2.75, 3.05) is 6.54 Å². The van der Waals surface area contributed by atoms with E-state index in [4.69, 9.17) is 0 Å². The predicted octanol–water partition coefficient (Wildman–Crippen LogP) is 4.22. The van der Waals surface area contributed by atoms with Crippen molar-refractivity contribution < 1.29 is 4.79 Å². The average molecular weight is 311 g/mol. The molecule has 0 N–H and O–H groups in total. The van der Waals surface area contributed by atoms with Crippen LogP contribution in [-0.2, 0) is 25.8 Å². The number of carbonyl (C=O) groups is 1. The molecule has 0 fully saturated rings. The molecule has 1 aliphatic carbocycles. The number of benzene rings is 1. The van der Waals surface area contributed by atoms with Crippen molar-refractivity contribution in [3.63, 3.8) is 0 Å². The van der Waals surface area contributed by atoms with E-state index in [-0.39, 0.29) is 5.91 Å². The largest absolute Gasteiger partial charge is 0.333 e. The minimum absolute atomic E-state index is 0.229. The van der Waals surface area contributed by atoms with Gasteiger partial charge < -0.3 is 4.90 Å². The highest BCUT2D eigenvalue weighted by Crippen LogP contribution is 2.30. The molecule has 22 heavy (non-hydrogen) atoms. The normalized spacial score (nSPS) is 17.5. The SMILES string of the molecule is O=C(c1cc2c(s1)CCCCC2)N1CCc2ccccc2C1. The minimum atomic E-state index is 0.229. The Kier molecular flexibility index (Phi) is 3.75. The predicted molar refractivity (Wildman–Crippen MR) is 90.5 cm³/mol. The Balaban J connectivity index is 1.55. The molecule has 1 amide bonds. The Bertz CT molecular complexity index is 680. The van der Waals surface area contributed by atoms with Crippen LogP contribution < -0.4 is 0 Å². The van der Waals surface area contributed by atoms with E-state index in [1.807, 2.05) is 4.90 Å². The number of rotatable bonds is 1. The highest BCUT2D eigenvalue weighted by Gasteiger charge is 2.24. The molecule has 0 saturated heterocycles. The number of thiophene rings is 1. The first kappa shape index (κ1) is 14.0. The summed E-state index contributed by atoms with van der Waals surface area (Å²) < 4.78 is 0. The van der Waals surface area contributed by atoms with Crippen LogP contribution in [0.4, 0.5) is 0 Å². The van der Waals surface area contributed by atoms with E-state index in [0.29, 0.717) is 0 Å². The molecular weight excluding hydrogens is 290 g/mol. The molecule has 1 aromatic heterocycles. The van der Waals surface area contributed by atoms with Gasteiger partial charge in [-0.15, -0.1) is 11.3 Å². The van der Waals surface area contributed by atoms with E-state index < -0.39 is 0 Å². The smallest absolute Gasteiger partial charge is 0.264 e. The lowest BCUT2D eigenvalue weighted by Crippen LogP contribution is -2.35. The van der Waals surface area contributed by atoms with Crippen molar-refractivity contribution >= 4 is 17.2 Å². The van der Waals surface area contributed by atoms with E-state index >= 15 is 0 Å². The molecule has 2 nitrogen and oxygen atoms in total. The molecule has 3 heteroatoms. The lowest BCUT2D eigenvalue weighted by Gasteiger charge is -2.28. The Morgan fingerprint density at radius 3 is 2.68 bits per heavy atom. The number of aryl methyl sites for hydroxylation is 2. The van der Waals surface area contributed by atoms with Crippen LogP contribution >= 0.6 is 11.3 Å². The molecule has 0 unspecified atom stereocenters. The van der Waals surface area contributed by atoms with Crippen LogP contribution in [0.5, 0.6) is 0 Å². The summed E-state index contributed by atoms with van der Waals surface area (Å²) in [6.45, 7) is 1.61. The van der Waals surface area contributed by atoms with Gasteiger partial charge in [-0.05, 0) is 54.9 Å². The number of fused-ring (bicyclic) bond motifs is 2. The molecule has 0 bridgehead atoms. The fourth-order valence-electron chi connectivity index (χ4n) is 3.60. The molecule has 2 aliphatic rings. The fourth-order valence-corrected chi connectivity index (χ4v) is 4.82. The van der Waals surface area contributed by atoms with Crippen LogP contribution in [0.25, 0.3) is 0 Å². The standard InChI is InChI=1S/C19H21NOS/c21-19(18-12-15-7-2-1-3-9-17(15)22-18)20-11-10-14-6-4-5-8-16(14)13-20/h4-6,8,12H,1-3,7,9-11,13H2. The fraction of sp³-hybridized carbons (Fsp3) is 0.421. The van der Waals surface area contributed by atoms with Crippen LogP contribution in [0.1, 0.15) is 50.5 Å². The van der Waals surface area contributed by atoms with E-state index in [2.05, 4.69) is 30.3 Å². The highest BCUT2D eigenvalue weighted by molar-refractivity contribution is 7.14. The maximum Gasteiger partial charge on any atom is 0.264 e. The first-order chi connectivity index (χ1) is 10.8. The van der Waals surface area contributed by atoms with Gasteiger partial charge in [0.1, 0.15) is 0 Å². The minimum Gasteiger partial charge on any atom is -0.333 e. The highest BCUT2D eigenvalue weighted by atomic mass is 32.1. The number of hydrogen-bond donors (Lipinski definition) is 0. The van der Waals surface area contributed by atoms with Crippen molar-refractivity contribution in [1.29, 1.82) is 0 Å². The van der Waals surface area contributed by atoms with E-state index in [9.17, 15) is 4.79 Å². The van der Waals surface area contributed by atoms with Gasteiger partial charge in [-0.1, -0.05) is 30.7 Å². The topological polar surface area (TPSA) is 20.3 Å². The zero-order chi connectivity index (χ0) is 14.9. The van der Waals surface area contributed by atoms with Gasteiger partial charge in [0.05, 0.1) is 4.88 Å². The first-order valence-corrected chi connectivity index (χ1v) is 9.10. The average Bonchev–Trinajstić information content (AvgIpc) is 2.84. The molecule has 0 radical (unpaired) electrons. The maximum absolute atomic E-state index is 12.8. The number of carbonyl (C=O) groups excluding carboxylic acids is 1. The Morgan fingerprint density at radius 1 is 0.955 bits per heavy atom. The Labute approximate surface area is 135 Å². The van der Waals surface area contributed by atoms with Gasteiger partial charge in [0.15, 0.2) is 0 Å². The molecule has 4 rings (SSSR count). The number of amides is 1. The molecule has 2 aromatic rings. The summed E-state index contributed by atoms with van der Waals surface area (Å²) in [5.74, 6) is 0.229. The van der Waals surface area contributed by atoms with E-state index in [0.717, 1.165) is 37.2 Å². The quantitative estimate of drug-likeness (QED) is 0.722. The zero-order valence-corrected chi connectivity index (χ0v) is 13.6.